The van der Waals surface area contributed by atoms with Gasteiger partial charge in [-0.3, -0.25) is 4.79 Å². The molecule has 0 saturated carbocycles. The summed E-state index contributed by atoms with van der Waals surface area (Å²) in [7, 11) is 1.09. The van der Waals surface area contributed by atoms with E-state index in [1.54, 1.807) is 20.1 Å². The van der Waals surface area contributed by atoms with E-state index in [4.69, 9.17) is 19.8 Å². The van der Waals surface area contributed by atoms with Crippen LogP contribution in [-0.2, 0) is 14.1 Å². The molecule has 1 heterocycles. The quantitative estimate of drug-likeness (QED) is 0.637. The molecule has 1 aliphatic heterocycles. The van der Waals surface area contributed by atoms with E-state index in [0.29, 0.717) is 17.2 Å². The van der Waals surface area contributed by atoms with Crippen molar-refractivity contribution in [3.63, 3.8) is 0 Å². The molecule has 2 N–H and O–H groups in total. The highest BCUT2D eigenvalue weighted by atomic mass is 32.2. The third kappa shape index (κ3) is 4.60. The Morgan fingerprint density at radius 1 is 1.28 bits per heavy atom. The molecule has 0 bridgehead atoms. The predicted octanol–water partition coefficient (Wildman–Crippen LogP) is 3.57. The molecule has 136 valence electrons. The molecule has 1 aromatic carbocycles. The lowest BCUT2D eigenvalue weighted by Gasteiger charge is -2.32. The lowest BCUT2D eigenvalue weighted by atomic mass is 9.78. The minimum Gasteiger partial charge on any atom is -0.496 e. The van der Waals surface area contributed by atoms with Gasteiger partial charge in [0.15, 0.2) is 5.12 Å². The van der Waals surface area contributed by atoms with E-state index in [9.17, 15) is 4.79 Å². The average molecular weight is 363 g/mol. The second kappa shape index (κ2) is 7.44. The molecule has 5 nitrogen and oxygen atoms in total. The van der Waals surface area contributed by atoms with Crippen molar-refractivity contribution in [2.24, 2.45) is 0 Å². The highest BCUT2D eigenvalue weighted by Gasteiger charge is 2.52. The van der Waals surface area contributed by atoms with Gasteiger partial charge in [-0.2, -0.15) is 0 Å². The van der Waals surface area contributed by atoms with Crippen LogP contribution in [0.2, 0.25) is 0 Å². The summed E-state index contributed by atoms with van der Waals surface area (Å²) in [5.74, 6) is 1.18. The highest BCUT2D eigenvalue weighted by molar-refractivity contribution is 8.13. The van der Waals surface area contributed by atoms with Gasteiger partial charge in [0.1, 0.15) is 5.75 Å². The number of hydrogen-bond acceptors (Lipinski definition) is 6. The zero-order chi connectivity index (χ0) is 18.8. The maximum Gasteiger partial charge on any atom is 0.491 e. The van der Waals surface area contributed by atoms with Crippen LogP contribution in [-0.4, -0.2) is 36.3 Å². The summed E-state index contributed by atoms with van der Waals surface area (Å²) in [5.41, 5.74) is 7.35. The molecule has 1 saturated heterocycles. The molecule has 0 unspecified atom stereocenters. The van der Waals surface area contributed by atoms with Crippen LogP contribution in [0.15, 0.2) is 23.7 Å². The molecule has 1 aliphatic rings. The van der Waals surface area contributed by atoms with Gasteiger partial charge in [-0.05, 0) is 51.4 Å². The molecule has 7 heteroatoms. The highest BCUT2D eigenvalue weighted by Crippen LogP contribution is 2.39. The summed E-state index contributed by atoms with van der Waals surface area (Å²) < 4.78 is 17.7. The standard InChI is InChI=1S/C18H26BNO4S/c1-12(21)25-11-14(19-23-17(2,3)18(4,5)24-19)9-13-10-15(20)7-8-16(13)22-6/h7-10H,11,20H2,1-6H3. The number of nitrogens with two attached hydrogens (primary N) is 1. The molecular formula is C18H26BNO4S. The Morgan fingerprint density at radius 3 is 2.40 bits per heavy atom. The zero-order valence-electron chi connectivity index (χ0n) is 15.7. The lowest BCUT2D eigenvalue weighted by molar-refractivity contribution is -0.109. The van der Waals surface area contributed by atoms with Gasteiger partial charge in [-0.15, -0.1) is 0 Å². The van der Waals surface area contributed by atoms with Crippen LogP contribution < -0.4 is 10.5 Å². The third-order valence-electron chi connectivity index (χ3n) is 4.59. The van der Waals surface area contributed by atoms with Crippen molar-refractivity contribution in [1.82, 2.24) is 0 Å². The van der Waals surface area contributed by atoms with Crippen molar-refractivity contribution in [1.29, 1.82) is 0 Å². The Kier molecular flexibility index (Phi) is 5.91. The molecule has 0 atom stereocenters. The van der Waals surface area contributed by atoms with Gasteiger partial charge in [0.25, 0.3) is 0 Å². The number of hydrogen-bond donors (Lipinski definition) is 1. The van der Waals surface area contributed by atoms with Crippen molar-refractivity contribution in [3.05, 3.63) is 29.2 Å². The third-order valence-corrected chi connectivity index (χ3v) is 5.48. The predicted molar refractivity (Wildman–Crippen MR) is 105 cm³/mol. The molecule has 2 rings (SSSR count). The summed E-state index contributed by atoms with van der Waals surface area (Å²) in [6, 6.07) is 5.44. The smallest absolute Gasteiger partial charge is 0.491 e. The summed E-state index contributed by atoms with van der Waals surface area (Å²) in [6.45, 7) is 9.56. The lowest BCUT2D eigenvalue weighted by Crippen LogP contribution is -2.41. The number of ether oxygens (including phenoxy) is 1. The van der Waals surface area contributed by atoms with E-state index in [0.717, 1.165) is 11.0 Å². The fourth-order valence-corrected chi connectivity index (χ4v) is 3.01. The van der Waals surface area contributed by atoms with E-state index in [2.05, 4.69) is 0 Å². The van der Waals surface area contributed by atoms with Crippen LogP contribution in [0.1, 0.15) is 40.2 Å². The average Bonchev–Trinajstić information content (AvgIpc) is 2.71. The Balaban J connectivity index is 2.40. The van der Waals surface area contributed by atoms with Crippen molar-refractivity contribution >= 4 is 35.8 Å². The first-order valence-electron chi connectivity index (χ1n) is 8.19. The Bertz CT molecular complexity index is 672. The molecule has 0 aromatic heterocycles. The Labute approximate surface area is 154 Å². The van der Waals surface area contributed by atoms with Gasteiger partial charge >= 0.3 is 7.12 Å². The molecule has 0 amide bonds. The van der Waals surface area contributed by atoms with Gasteiger partial charge in [0, 0.05) is 23.9 Å². The number of carbonyl (C=O) groups is 1. The minimum absolute atomic E-state index is 0.0435. The maximum absolute atomic E-state index is 11.5. The van der Waals surface area contributed by atoms with E-state index in [1.165, 1.54) is 11.8 Å². The first kappa shape index (κ1) is 19.9. The number of rotatable bonds is 5. The first-order valence-corrected chi connectivity index (χ1v) is 9.17. The zero-order valence-corrected chi connectivity index (χ0v) is 16.5. The van der Waals surface area contributed by atoms with Crippen LogP contribution in [0.4, 0.5) is 5.69 Å². The van der Waals surface area contributed by atoms with Gasteiger partial charge < -0.3 is 19.8 Å². The van der Waals surface area contributed by atoms with Crippen LogP contribution in [0, 0.1) is 0 Å². The second-order valence-corrected chi connectivity index (χ2v) is 8.24. The van der Waals surface area contributed by atoms with E-state index >= 15 is 0 Å². The van der Waals surface area contributed by atoms with Crippen LogP contribution in [0.5, 0.6) is 5.75 Å². The van der Waals surface area contributed by atoms with Gasteiger partial charge in [0.05, 0.1) is 18.3 Å². The van der Waals surface area contributed by atoms with Crippen LogP contribution in [0.3, 0.4) is 0 Å². The van der Waals surface area contributed by atoms with Gasteiger partial charge in [-0.1, -0.05) is 17.8 Å². The first-order chi connectivity index (χ1) is 11.6. The summed E-state index contributed by atoms with van der Waals surface area (Å²) in [5, 5.41) is 0.0435. The molecular weight excluding hydrogens is 337 g/mol. The van der Waals surface area contributed by atoms with Crippen molar-refractivity contribution in [3.8, 4) is 5.75 Å². The van der Waals surface area contributed by atoms with Gasteiger partial charge in [-0.25, -0.2) is 0 Å². The number of nitrogen functional groups attached to an aromatic ring is 1. The van der Waals surface area contributed by atoms with Crippen molar-refractivity contribution in [2.75, 3.05) is 18.6 Å². The van der Waals surface area contributed by atoms with Crippen molar-refractivity contribution < 1.29 is 18.8 Å². The second-order valence-electron chi connectivity index (χ2n) is 7.09. The van der Waals surface area contributed by atoms with Crippen molar-refractivity contribution in [2.45, 2.75) is 45.8 Å². The van der Waals surface area contributed by atoms with Crippen LogP contribution in [0.25, 0.3) is 6.08 Å². The fraction of sp³-hybridized carbons (Fsp3) is 0.500. The number of carbonyl (C=O) groups excluding carboxylic acids is 1. The molecule has 25 heavy (non-hydrogen) atoms. The number of thioether (sulfide) groups is 1. The normalized spacial score (nSPS) is 19.1. The fourth-order valence-electron chi connectivity index (χ4n) is 2.42. The molecule has 0 spiro atoms. The topological polar surface area (TPSA) is 70.8 Å². The monoisotopic (exact) mass is 363 g/mol. The van der Waals surface area contributed by atoms with Crippen LogP contribution >= 0.6 is 11.8 Å². The van der Waals surface area contributed by atoms with E-state index in [-0.39, 0.29) is 5.12 Å². The minimum atomic E-state index is -0.525. The number of methoxy groups -OCH3 is 1. The number of anilines is 1. The van der Waals surface area contributed by atoms with Gasteiger partial charge in [0.2, 0.25) is 0 Å². The summed E-state index contributed by atoms with van der Waals surface area (Å²) in [4.78, 5) is 11.5. The largest absolute Gasteiger partial charge is 0.496 e. The Hall–Kier alpha value is -1.44. The molecule has 1 fully saturated rings. The summed E-state index contributed by atoms with van der Waals surface area (Å²) in [6.07, 6.45) is 1.94. The summed E-state index contributed by atoms with van der Waals surface area (Å²) >= 11 is 1.22. The molecule has 0 aliphatic carbocycles. The Morgan fingerprint density at radius 2 is 1.88 bits per heavy atom. The SMILES string of the molecule is COc1ccc(N)cc1C=C(CSC(C)=O)B1OC(C)(C)C(C)(C)O1. The molecule has 0 radical (unpaired) electrons. The molecule has 1 aromatic rings. The van der Waals surface area contributed by atoms with E-state index < -0.39 is 18.3 Å². The number of benzene rings is 1. The maximum atomic E-state index is 11.5. The van der Waals surface area contributed by atoms with E-state index in [1.807, 2.05) is 45.9 Å².